The van der Waals surface area contributed by atoms with Gasteiger partial charge in [-0.25, -0.2) is 9.79 Å². The molecule has 178 valence electrons. The minimum Gasteiger partial charge on any atom is -0.463 e. The first-order valence-corrected chi connectivity index (χ1v) is 12.4. The molecule has 2 aliphatic heterocycles. The summed E-state index contributed by atoms with van der Waals surface area (Å²) in [6.45, 7) is 8.09. The molecule has 0 aliphatic carbocycles. The Labute approximate surface area is 206 Å². The van der Waals surface area contributed by atoms with Crippen LogP contribution in [-0.2, 0) is 14.3 Å². The number of aromatic nitrogens is 1. The van der Waals surface area contributed by atoms with Crippen molar-refractivity contribution in [2.75, 3.05) is 18.1 Å². The number of amides is 1. The average molecular weight is 488 g/mol. The van der Waals surface area contributed by atoms with Crippen LogP contribution in [0.5, 0.6) is 0 Å². The van der Waals surface area contributed by atoms with Crippen molar-refractivity contribution < 1.29 is 14.3 Å². The zero-order valence-electron chi connectivity index (χ0n) is 20.0. The molecule has 35 heavy (non-hydrogen) atoms. The summed E-state index contributed by atoms with van der Waals surface area (Å²) in [5.74, 6) is -0.705. The summed E-state index contributed by atoms with van der Waals surface area (Å²) < 4.78 is 7.20. The van der Waals surface area contributed by atoms with E-state index in [-0.39, 0.29) is 18.1 Å². The van der Waals surface area contributed by atoms with Crippen LogP contribution < -0.4 is 19.8 Å². The highest BCUT2D eigenvalue weighted by Crippen LogP contribution is 2.35. The topological polar surface area (TPSA) is 81.0 Å². The molecule has 1 aromatic heterocycles. The number of benzene rings is 2. The van der Waals surface area contributed by atoms with Crippen LogP contribution in [0.25, 0.3) is 5.57 Å². The molecule has 1 amide bonds. The van der Waals surface area contributed by atoms with E-state index in [4.69, 9.17) is 4.74 Å². The Morgan fingerprint density at radius 3 is 2.46 bits per heavy atom. The summed E-state index contributed by atoms with van der Waals surface area (Å²) in [6.07, 6.45) is 0. The molecule has 0 unspecified atom stereocenters. The number of carbonyl (C=O) groups is 2. The van der Waals surface area contributed by atoms with Crippen molar-refractivity contribution in [3.8, 4) is 0 Å². The van der Waals surface area contributed by atoms with Crippen LogP contribution in [0.1, 0.15) is 43.5 Å². The quantitative estimate of drug-likeness (QED) is 0.530. The number of rotatable bonds is 4. The van der Waals surface area contributed by atoms with Gasteiger partial charge in [0, 0.05) is 12.1 Å². The number of hydrogen-bond donors (Lipinski definition) is 0. The molecule has 0 N–H and O–H groups in total. The van der Waals surface area contributed by atoms with Crippen molar-refractivity contribution >= 4 is 34.5 Å². The van der Waals surface area contributed by atoms with Crippen molar-refractivity contribution in [3.63, 3.8) is 0 Å². The molecule has 0 saturated heterocycles. The maximum absolute atomic E-state index is 14.0. The van der Waals surface area contributed by atoms with E-state index in [1.54, 1.807) is 18.7 Å². The number of thiazole rings is 1. The summed E-state index contributed by atoms with van der Waals surface area (Å²) in [5, 5.41) is 0. The third kappa shape index (κ3) is 3.56. The highest BCUT2D eigenvalue weighted by molar-refractivity contribution is 7.07. The third-order valence-electron chi connectivity index (χ3n) is 6.35. The SMILES string of the molecule is CCOC(=O)C1=C(C)N=c2s/c(=C3/C(=O)N(CC)c4ccccc43)c(=O)n2[C@H]1c1ccc(C)cc1. The molecule has 0 spiro atoms. The Kier molecular flexibility index (Phi) is 5.76. The van der Waals surface area contributed by atoms with Crippen molar-refractivity contribution in [1.82, 2.24) is 4.57 Å². The van der Waals surface area contributed by atoms with Crippen molar-refractivity contribution in [2.45, 2.75) is 33.7 Å². The summed E-state index contributed by atoms with van der Waals surface area (Å²) in [4.78, 5) is 47.2. The Morgan fingerprint density at radius 1 is 1.06 bits per heavy atom. The molecular weight excluding hydrogens is 462 g/mol. The zero-order chi connectivity index (χ0) is 24.9. The van der Waals surface area contributed by atoms with E-state index in [1.807, 2.05) is 62.4 Å². The van der Waals surface area contributed by atoms with Gasteiger partial charge in [-0.3, -0.25) is 14.2 Å². The monoisotopic (exact) mass is 487 g/mol. The maximum Gasteiger partial charge on any atom is 0.338 e. The van der Waals surface area contributed by atoms with Crippen LogP contribution in [0.3, 0.4) is 0 Å². The number of ether oxygens (including phenoxy) is 1. The first-order chi connectivity index (χ1) is 16.9. The van der Waals surface area contributed by atoms with Crippen molar-refractivity contribution in [2.24, 2.45) is 4.99 Å². The predicted molar refractivity (Wildman–Crippen MR) is 135 cm³/mol. The van der Waals surface area contributed by atoms with Crippen LogP contribution in [0, 0.1) is 6.92 Å². The van der Waals surface area contributed by atoms with Crippen molar-refractivity contribution in [3.05, 3.63) is 96.2 Å². The Morgan fingerprint density at radius 2 is 1.77 bits per heavy atom. The number of esters is 1. The normalized spacial score (nSPS) is 18.3. The lowest BCUT2D eigenvalue weighted by molar-refractivity contribution is -0.139. The molecule has 0 radical (unpaired) electrons. The van der Waals surface area contributed by atoms with Gasteiger partial charge in [0.2, 0.25) is 0 Å². The fraction of sp³-hybridized carbons (Fsp3) is 0.259. The smallest absolute Gasteiger partial charge is 0.338 e. The van der Waals surface area contributed by atoms with Gasteiger partial charge in [-0.1, -0.05) is 59.4 Å². The Balaban J connectivity index is 1.83. The van der Waals surface area contributed by atoms with E-state index in [2.05, 4.69) is 4.99 Å². The molecule has 8 heteroatoms. The van der Waals surface area contributed by atoms with Gasteiger partial charge < -0.3 is 9.64 Å². The maximum atomic E-state index is 14.0. The average Bonchev–Trinajstić information content (AvgIpc) is 3.31. The summed E-state index contributed by atoms with van der Waals surface area (Å²) >= 11 is 1.18. The van der Waals surface area contributed by atoms with E-state index in [0.717, 1.165) is 22.4 Å². The Bertz CT molecular complexity index is 1580. The number of aryl methyl sites for hydroxylation is 1. The summed E-state index contributed by atoms with van der Waals surface area (Å²) in [5.41, 5.74) is 4.23. The molecule has 3 heterocycles. The van der Waals surface area contributed by atoms with Gasteiger partial charge in [0.15, 0.2) is 4.80 Å². The number of para-hydroxylation sites is 1. The highest BCUT2D eigenvalue weighted by atomic mass is 32.1. The second-order valence-electron chi connectivity index (χ2n) is 8.48. The van der Waals surface area contributed by atoms with Gasteiger partial charge in [0.25, 0.3) is 11.5 Å². The fourth-order valence-corrected chi connectivity index (χ4v) is 5.86. The molecule has 1 atom stereocenters. The fourth-order valence-electron chi connectivity index (χ4n) is 4.72. The summed E-state index contributed by atoms with van der Waals surface area (Å²) in [7, 11) is 0. The number of anilines is 1. The Hall–Kier alpha value is -3.78. The minimum atomic E-state index is -0.700. The van der Waals surface area contributed by atoms with Gasteiger partial charge in [0.1, 0.15) is 4.53 Å². The summed E-state index contributed by atoms with van der Waals surface area (Å²) in [6, 6.07) is 14.5. The highest BCUT2D eigenvalue weighted by Gasteiger charge is 2.36. The minimum absolute atomic E-state index is 0.202. The van der Waals surface area contributed by atoms with E-state index < -0.39 is 12.0 Å². The molecule has 2 aromatic carbocycles. The van der Waals surface area contributed by atoms with Crippen LogP contribution in [0.15, 0.2) is 69.6 Å². The molecule has 2 aliphatic rings. The standard InChI is InChI=1S/C27H25N3O4S/c1-5-29-19-10-8-7-9-18(19)21(24(29)31)23-25(32)30-22(17-13-11-15(3)12-14-17)20(26(33)34-6-2)16(4)28-27(30)35-23/h7-14,22H,5-6H2,1-4H3/b23-21+/t22-/m0/s1. The zero-order valence-corrected chi connectivity index (χ0v) is 20.8. The molecule has 5 rings (SSSR count). The molecular formula is C27H25N3O4S. The van der Waals surface area contributed by atoms with Crippen LogP contribution >= 0.6 is 11.3 Å². The van der Waals surface area contributed by atoms with Crippen LogP contribution in [-0.4, -0.2) is 29.6 Å². The largest absolute Gasteiger partial charge is 0.463 e. The number of nitrogens with zero attached hydrogens (tertiary/aromatic N) is 3. The predicted octanol–water partition coefficient (Wildman–Crippen LogP) is 2.84. The lowest BCUT2D eigenvalue weighted by Gasteiger charge is -2.24. The number of likely N-dealkylation sites (N-methyl/N-ethyl adjacent to an activating group) is 1. The van der Waals surface area contributed by atoms with Gasteiger partial charge in [-0.15, -0.1) is 0 Å². The number of fused-ring (bicyclic) bond motifs is 2. The molecule has 3 aromatic rings. The van der Waals surface area contributed by atoms with E-state index in [1.165, 1.54) is 15.9 Å². The van der Waals surface area contributed by atoms with Gasteiger partial charge in [-0.2, -0.15) is 0 Å². The van der Waals surface area contributed by atoms with E-state index >= 15 is 0 Å². The third-order valence-corrected chi connectivity index (χ3v) is 7.41. The first kappa shape index (κ1) is 23.0. The molecule has 0 bridgehead atoms. The lowest BCUT2D eigenvalue weighted by atomic mass is 9.95. The van der Waals surface area contributed by atoms with Crippen molar-refractivity contribution in [1.29, 1.82) is 0 Å². The number of hydrogen-bond acceptors (Lipinski definition) is 6. The second-order valence-corrected chi connectivity index (χ2v) is 9.45. The van der Waals surface area contributed by atoms with Gasteiger partial charge in [-0.05, 0) is 39.3 Å². The van der Waals surface area contributed by atoms with Crippen LogP contribution in [0.4, 0.5) is 5.69 Å². The first-order valence-electron chi connectivity index (χ1n) is 11.6. The van der Waals surface area contributed by atoms with E-state index in [0.29, 0.717) is 32.7 Å². The number of carbonyl (C=O) groups excluding carboxylic acids is 2. The molecule has 7 nitrogen and oxygen atoms in total. The number of allylic oxidation sites excluding steroid dienone is 1. The lowest BCUT2D eigenvalue weighted by Crippen LogP contribution is -2.41. The molecule has 0 saturated carbocycles. The van der Waals surface area contributed by atoms with E-state index in [9.17, 15) is 14.4 Å². The van der Waals surface area contributed by atoms with Gasteiger partial charge >= 0.3 is 5.97 Å². The van der Waals surface area contributed by atoms with Gasteiger partial charge in [0.05, 0.1) is 35.2 Å². The van der Waals surface area contributed by atoms with Crippen LogP contribution in [0.2, 0.25) is 0 Å². The molecule has 0 fully saturated rings. The second kappa shape index (κ2) is 8.78.